The highest BCUT2D eigenvalue weighted by Gasteiger charge is 2.52. The first-order chi connectivity index (χ1) is 9.86. The first-order valence-corrected chi connectivity index (χ1v) is 6.56. The number of nitrogen functional groups attached to an aromatic ring is 1. The minimum atomic E-state index is -1.61. The van der Waals surface area contributed by atoms with Gasteiger partial charge in [-0.05, 0) is 18.5 Å². The molecule has 2 aromatic heterocycles. The van der Waals surface area contributed by atoms with Gasteiger partial charge in [-0.15, -0.1) is 0 Å². The Kier molecular flexibility index (Phi) is 3.26. The number of aliphatic hydroxyl groups excluding tert-OH is 2. The molecule has 0 bridgehead atoms. The zero-order chi connectivity index (χ0) is 15.4. The number of ether oxygens (including phenoxy) is 1. The van der Waals surface area contributed by atoms with E-state index in [0.717, 1.165) is 0 Å². The fourth-order valence-corrected chi connectivity index (χ4v) is 2.57. The Bertz CT molecular complexity index is 691. The van der Waals surface area contributed by atoms with Crippen molar-refractivity contribution in [1.29, 1.82) is 0 Å². The summed E-state index contributed by atoms with van der Waals surface area (Å²) in [7, 11) is 0. The van der Waals surface area contributed by atoms with Crippen molar-refractivity contribution in [3.05, 3.63) is 11.6 Å². The number of hydrogen-bond donors (Lipinski definition) is 4. The molecule has 10 heteroatoms. The molecule has 1 aliphatic heterocycles. The van der Waals surface area contributed by atoms with Crippen LogP contribution in [0.25, 0.3) is 11.2 Å². The van der Waals surface area contributed by atoms with Gasteiger partial charge < -0.3 is 25.8 Å². The lowest BCUT2D eigenvalue weighted by Crippen LogP contribution is -2.46. The van der Waals surface area contributed by atoms with Crippen LogP contribution in [0.4, 0.5) is 5.82 Å². The van der Waals surface area contributed by atoms with E-state index in [1.54, 1.807) is 0 Å². The Hall–Kier alpha value is -1.52. The quantitative estimate of drug-likeness (QED) is 0.521. The zero-order valence-corrected chi connectivity index (χ0v) is 11.8. The summed E-state index contributed by atoms with van der Waals surface area (Å²) in [6.07, 6.45) is -1.85. The summed E-state index contributed by atoms with van der Waals surface area (Å²) in [4.78, 5) is 11.9. The molecule has 4 atom stereocenters. The van der Waals surface area contributed by atoms with Crippen LogP contribution in [0, 0.1) is 0 Å². The summed E-state index contributed by atoms with van der Waals surface area (Å²) >= 11 is 5.77. The molecule has 1 saturated heterocycles. The van der Waals surface area contributed by atoms with Crippen LogP contribution in [-0.2, 0) is 4.74 Å². The van der Waals surface area contributed by atoms with Crippen molar-refractivity contribution in [3.8, 4) is 0 Å². The summed E-state index contributed by atoms with van der Waals surface area (Å²) in [5.74, 6) is 0.0988. The minimum absolute atomic E-state index is 0.0697. The maximum atomic E-state index is 10.2. The highest BCUT2D eigenvalue weighted by molar-refractivity contribution is 6.28. The molecule has 114 valence electrons. The second-order valence-corrected chi connectivity index (χ2v) is 5.41. The Morgan fingerprint density at radius 1 is 1.52 bits per heavy atom. The molecule has 1 fully saturated rings. The predicted octanol–water partition coefficient (Wildman–Crippen LogP) is -0.937. The highest BCUT2D eigenvalue weighted by Crippen LogP contribution is 2.38. The van der Waals surface area contributed by atoms with Gasteiger partial charge in [0.05, 0.1) is 12.9 Å². The van der Waals surface area contributed by atoms with E-state index in [1.165, 1.54) is 17.8 Å². The number of rotatable bonds is 2. The Balaban J connectivity index is 2.10. The SMILES string of the molecule is C[C@@]1(O)[C@@H](CO)O[C@@H](n2cnc3c(N)nc(Cl)nc32)[C@@H]1O. The third-order valence-electron chi connectivity index (χ3n) is 3.69. The lowest BCUT2D eigenvalue weighted by molar-refractivity contribution is -0.0804. The Morgan fingerprint density at radius 3 is 2.86 bits per heavy atom. The minimum Gasteiger partial charge on any atom is -0.394 e. The van der Waals surface area contributed by atoms with Crippen molar-refractivity contribution in [3.63, 3.8) is 0 Å². The molecule has 0 aliphatic carbocycles. The predicted molar refractivity (Wildman–Crippen MR) is 72.4 cm³/mol. The van der Waals surface area contributed by atoms with E-state index in [9.17, 15) is 15.3 Å². The van der Waals surface area contributed by atoms with Crippen LogP contribution in [0.15, 0.2) is 6.33 Å². The van der Waals surface area contributed by atoms with Crippen LogP contribution in [0.1, 0.15) is 13.2 Å². The number of imidazole rings is 1. The molecule has 1 aliphatic rings. The van der Waals surface area contributed by atoms with E-state index in [4.69, 9.17) is 22.1 Å². The number of nitrogens with two attached hydrogens (primary N) is 1. The van der Waals surface area contributed by atoms with Crippen LogP contribution < -0.4 is 5.73 Å². The molecule has 0 radical (unpaired) electrons. The Labute approximate surface area is 124 Å². The molecule has 3 rings (SSSR count). The molecule has 3 heterocycles. The molecule has 0 aromatic carbocycles. The van der Waals surface area contributed by atoms with Crippen LogP contribution >= 0.6 is 11.6 Å². The molecule has 21 heavy (non-hydrogen) atoms. The number of aliphatic hydroxyl groups is 3. The van der Waals surface area contributed by atoms with E-state index in [2.05, 4.69) is 15.0 Å². The molecule has 9 nitrogen and oxygen atoms in total. The summed E-state index contributed by atoms with van der Waals surface area (Å²) in [6.45, 7) is 0.944. The molecule has 0 spiro atoms. The fourth-order valence-electron chi connectivity index (χ4n) is 2.40. The summed E-state index contributed by atoms with van der Waals surface area (Å²) < 4.78 is 6.90. The number of halogens is 1. The number of aromatic nitrogens is 4. The van der Waals surface area contributed by atoms with Crippen molar-refractivity contribution in [2.75, 3.05) is 12.3 Å². The van der Waals surface area contributed by atoms with Gasteiger partial charge in [0.15, 0.2) is 17.7 Å². The molecule has 0 saturated carbocycles. The number of fused-ring (bicyclic) bond motifs is 1. The average molecular weight is 316 g/mol. The maximum absolute atomic E-state index is 10.2. The van der Waals surface area contributed by atoms with Gasteiger partial charge in [0.25, 0.3) is 0 Å². The first-order valence-electron chi connectivity index (χ1n) is 6.18. The largest absolute Gasteiger partial charge is 0.394 e. The van der Waals surface area contributed by atoms with Gasteiger partial charge >= 0.3 is 0 Å². The second-order valence-electron chi connectivity index (χ2n) is 5.07. The number of hydrogen-bond acceptors (Lipinski definition) is 8. The van der Waals surface area contributed by atoms with E-state index < -0.39 is 30.6 Å². The molecule has 0 unspecified atom stereocenters. The van der Waals surface area contributed by atoms with Gasteiger partial charge in [-0.1, -0.05) is 0 Å². The number of anilines is 1. The fraction of sp³-hybridized carbons (Fsp3) is 0.545. The van der Waals surface area contributed by atoms with Crippen molar-refractivity contribution in [2.45, 2.75) is 31.0 Å². The lowest BCUT2D eigenvalue weighted by Gasteiger charge is -2.25. The Morgan fingerprint density at radius 2 is 2.24 bits per heavy atom. The van der Waals surface area contributed by atoms with Gasteiger partial charge in [0, 0.05) is 0 Å². The van der Waals surface area contributed by atoms with Gasteiger partial charge in [-0.2, -0.15) is 9.97 Å². The van der Waals surface area contributed by atoms with Gasteiger partial charge in [-0.3, -0.25) is 4.57 Å². The average Bonchev–Trinajstić information content (AvgIpc) is 2.91. The lowest BCUT2D eigenvalue weighted by atomic mass is 9.95. The zero-order valence-electron chi connectivity index (χ0n) is 11.0. The highest BCUT2D eigenvalue weighted by atomic mass is 35.5. The van der Waals surface area contributed by atoms with Crippen molar-refractivity contribution >= 4 is 28.6 Å². The monoisotopic (exact) mass is 315 g/mol. The van der Waals surface area contributed by atoms with Crippen LogP contribution in [0.5, 0.6) is 0 Å². The van der Waals surface area contributed by atoms with E-state index in [1.807, 2.05) is 0 Å². The standard InChI is InChI=1S/C11H14ClN5O4/c1-11(20)4(2-18)21-9(6(11)19)17-3-14-5-7(13)15-10(12)16-8(5)17/h3-4,6,9,18-20H,2H2,1H3,(H2,13,15,16)/t4-,6+,9-,11-/m1/s1. The van der Waals surface area contributed by atoms with E-state index in [-0.39, 0.29) is 16.7 Å². The third kappa shape index (κ3) is 2.05. The topological polar surface area (TPSA) is 140 Å². The maximum Gasteiger partial charge on any atom is 0.226 e. The van der Waals surface area contributed by atoms with Gasteiger partial charge in [-0.25, -0.2) is 4.98 Å². The number of nitrogens with zero attached hydrogens (tertiary/aromatic N) is 4. The molecule has 5 N–H and O–H groups in total. The van der Waals surface area contributed by atoms with Crippen LogP contribution in [0.3, 0.4) is 0 Å². The normalized spacial score (nSPS) is 32.9. The smallest absolute Gasteiger partial charge is 0.226 e. The molecular weight excluding hydrogens is 302 g/mol. The molecule has 0 amide bonds. The van der Waals surface area contributed by atoms with Gasteiger partial charge in [0.2, 0.25) is 5.28 Å². The van der Waals surface area contributed by atoms with Crippen molar-refractivity contribution in [2.24, 2.45) is 0 Å². The molecule has 2 aromatic rings. The van der Waals surface area contributed by atoms with Crippen LogP contribution in [0.2, 0.25) is 5.28 Å². The molecular formula is C11H14ClN5O4. The second kappa shape index (κ2) is 4.75. The van der Waals surface area contributed by atoms with Crippen molar-refractivity contribution in [1.82, 2.24) is 19.5 Å². The first kappa shape index (κ1) is 14.4. The van der Waals surface area contributed by atoms with Crippen molar-refractivity contribution < 1.29 is 20.1 Å². The van der Waals surface area contributed by atoms with Gasteiger partial charge in [0.1, 0.15) is 23.3 Å². The summed E-state index contributed by atoms with van der Waals surface area (Å²) in [5, 5.41) is 29.6. The third-order valence-corrected chi connectivity index (χ3v) is 3.85. The summed E-state index contributed by atoms with van der Waals surface area (Å²) in [6, 6.07) is 0. The van der Waals surface area contributed by atoms with Crippen LogP contribution in [-0.4, -0.2) is 59.3 Å². The summed E-state index contributed by atoms with van der Waals surface area (Å²) in [5.41, 5.74) is 4.67. The van der Waals surface area contributed by atoms with E-state index >= 15 is 0 Å². The van der Waals surface area contributed by atoms with E-state index in [0.29, 0.717) is 5.52 Å².